The van der Waals surface area contributed by atoms with Gasteiger partial charge in [0.05, 0.1) is 19.1 Å². The molecule has 3 aromatic rings. The number of piperidine rings is 1. The first-order valence-electron chi connectivity index (χ1n) is 10.1. The lowest BCUT2D eigenvalue weighted by Crippen LogP contribution is -2.34. The van der Waals surface area contributed by atoms with E-state index in [1.807, 2.05) is 0 Å². The highest BCUT2D eigenvalue weighted by Crippen LogP contribution is 2.36. The van der Waals surface area contributed by atoms with Gasteiger partial charge in [0.2, 0.25) is 5.82 Å². The first-order chi connectivity index (χ1) is 15.0. The molecule has 9 nitrogen and oxygen atoms in total. The Hall–Kier alpha value is -3.62. The van der Waals surface area contributed by atoms with Crippen LogP contribution in [0.3, 0.4) is 0 Å². The average molecular weight is 424 g/mol. The van der Waals surface area contributed by atoms with Gasteiger partial charge in [0.15, 0.2) is 11.5 Å². The Kier molecular flexibility index (Phi) is 5.75. The van der Waals surface area contributed by atoms with Crippen molar-refractivity contribution in [1.29, 1.82) is 0 Å². The van der Waals surface area contributed by atoms with Crippen LogP contribution in [0.15, 0.2) is 40.9 Å². The van der Waals surface area contributed by atoms with Crippen LogP contribution in [0.1, 0.15) is 19.8 Å². The summed E-state index contributed by atoms with van der Waals surface area (Å²) in [7, 11) is 3.11. The van der Waals surface area contributed by atoms with E-state index in [-0.39, 0.29) is 16.5 Å². The summed E-state index contributed by atoms with van der Waals surface area (Å²) in [5.41, 5.74) is 1.85. The van der Waals surface area contributed by atoms with Crippen LogP contribution < -0.4 is 14.4 Å². The molecule has 31 heavy (non-hydrogen) atoms. The maximum Gasteiger partial charge on any atom is 0.293 e. The molecule has 1 aliphatic rings. The molecule has 2 aromatic carbocycles. The third kappa shape index (κ3) is 4.16. The smallest absolute Gasteiger partial charge is 0.293 e. The van der Waals surface area contributed by atoms with E-state index in [2.05, 4.69) is 22.0 Å². The molecular formula is C22H24N4O5. The van der Waals surface area contributed by atoms with Gasteiger partial charge in [-0.15, -0.1) is 0 Å². The van der Waals surface area contributed by atoms with E-state index >= 15 is 0 Å². The number of anilines is 1. The molecule has 1 atom stereocenters. The predicted molar refractivity (Wildman–Crippen MR) is 116 cm³/mol. The number of aromatic nitrogens is 2. The molecule has 4 rings (SSSR count). The van der Waals surface area contributed by atoms with E-state index in [9.17, 15) is 10.1 Å². The highest BCUT2D eigenvalue weighted by atomic mass is 16.6. The van der Waals surface area contributed by atoms with Crippen molar-refractivity contribution in [2.45, 2.75) is 19.8 Å². The van der Waals surface area contributed by atoms with E-state index < -0.39 is 0 Å². The van der Waals surface area contributed by atoms with Crippen LogP contribution in [0, 0.1) is 16.0 Å². The Balaban J connectivity index is 1.66. The van der Waals surface area contributed by atoms with Gasteiger partial charge in [0.25, 0.3) is 11.6 Å². The Morgan fingerprint density at radius 3 is 2.61 bits per heavy atom. The third-order valence-corrected chi connectivity index (χ3v) is 5.48. The van der Waals surface area contributed by atoms with Gasteiger partial charge in [-0.3, -0.25) is 10.1 Å². The Morgan fingerprint density at radius 1 is 1.13 bits per heavy atom. The van der Waals surface area contributed by atoms with Gasteiger partial charge in [-0.2, -0.15) is 4.98 Å². The molecule has 0 unspecified atom stereocenters. The summed E-state index contributed by atoms with van der Waals surface area (Å²) in [5.74, 6) is 2.21. The summed E-state index contributed by atoms with van der Waals surface area (Å²) in [6.45, 7) is 3.79. The molecule has 0 spiro atoms. The summed E-state index contributed by atoms with van der Waals surface area (Å²) < 4.78 is 16.0. The van der Waals surface area contributed by atoms with Crippen LogP contribution in [0.2, 0.25) is 0 Å². The van der Waals surface area contributed by atoms with Crippen LogP contribution in [-0.4, -0.2) is 42.4 Å². The van der Waals surface area contributed by atoms with Gasteiger partial charge in [0, 0.05) is 30.3 Å². The van der Waals surface area contributed by atoms with Crippen molar-refractivity contribution in [2.24, 2.45) is 5.92 Å². The molecule has 9 heteroatoms. The van der Waals surface area contributed by atoms with Crippen LogP contribution in [-0.2, 0) is 0 Å². The zero-order chi connectivity index (χ0) is 22.0. The fourth-order valence-corrected chi connectivity index (χ4v) is 3.91. The van der Waals surface area contributed by atoms with Crippen molar-refractivity contribution in [3.05, 3.63) is 46.5 Å². The Labute approximate surface area is 179 Å². The molecule has 1 aromatic heterocycles. The molecular weight excluding hydrogens is 400 g/mol. The molecule has 0 amide bonds. The molecule has 0 radical (unpaired) electrons. The largest absolute Gasteiger partial charge is 0.493 e. The Bertz CT molecular complexity index is 1100. The monoisotopic (exact) mass is 424 g/mol. The molecule has 0 saturated carbocycles. The number of rotatable bonds is 6. The zero-order valence-corrected chi connectivity index (χ0v) is 17.7. The minimum atomic E-state index is -0.357. The molecule has 2 heterocycles. The molecule has 0 N–H and O–H groups in total. The number of methoxy groups -OCH3 is 2. The lowest BCUT2D eigenvalue weighted by atomic mass is 9.99. The van der Waals surface area contributed by atoms with E-state index in [1.54, 1.807) is 44.6 Å². The maximum atomic E-state index is 11.8. The summed E-state index contributed by atoms with van der Waals surface area (Å²) in [6, 6.07) is 10.3. The van der Waals surface area contributed by atoms with Crippen molar-refractivity contribution in [3.8, 4) is 34.3 Å². The summed E-state index contributed by atoms with van der Waals surface area (Å²) >= 11 is 0. The normalized spacial score (nSPS) is 16.2. The second kappa shape index (κ2) is 8.63. The summed E-state index contributed by atoms with van der Waals surface area (Å²) in [6.07, 6.45) is 2.17. The van der Waals surface area contributed by atoms with Crippen molar-refractivity contribution in [1.82, 2.24) is 10.1 Å². The summed E-state index contributed by atoms with van der Waals surface area (Å²) in [5, 5.41) is 15.8. The highest BCUT2D eigenvalue weighted by Gasteiger charge is 2.25. The van der Waals surface area contributed by atoms with Crippen LogP contribution in [0.4, 0.5) is 11.4 Å². The number of hydrogen-bond donors (Lipinski definition) is 0. The van der Waals surface area contributed by atoms with Crippen LogP contribution in [0.5, 0.6) is 11.5 Å². The lowest BCUT2D eigenvalue weighted by Gasteiger charge is -2.32. The van der Waals surface area contributed by atoms with Crippen LogP contribution in [0.25, 0.3) is 22.8 Å². The van der Waals surface area contributed by atoms with Crippen molar-refractivity contribution in [3.63, 3.8) is 0 Å². The quantitative estimate of drug-likeness (QED) is 0.419. The lowest BCUT2D eigenvalue weighted by molar-refractivity contribution is -0.384. The third-order valence-electron chi connectivity index (χ3n) is 5.48. The molecule has 1 aliphatic heterocycles. The molecule has 1 fully saturated rings. The van der Waals surface area contributed by atoms with Crippen LogP contribution >= 0.6 is 0 Å². The first kappa shape index (κ1) is 20.6. The average Bonchev–Trinajstić information content (AvgIpc) is 3.28. The van der Waals surface area contributed by atoms with Gasteiger partial charge in [-0.05, 0) is 49.1 Å². The topological polar surface area (TPSA) is 104 Å². The van der Waals surface area contributed by atoms with Gasteiger partial charge >= 0.3 is 0 Å². The second-order valence-corrected chi connectivity index (χ2v) is 7.65. The van der Waals surface area contributed by atoms with E-state index in [4.69, 9.17) is 14.0 Å². The SMILES string of the molecule is COc1ccc(-c2noc(-c3ccc(N4CCC[C@@H](C)C4)c([N+](=O)[O-])c3)n2)cc1OC. The number of hydrogen-bond acceptors (Lipinski definition) is 8. The maximum absolute atomic E-state index is 11.8. The van der Waals surface area contributed by atoms with Gasteiger partial charge in [-0.25, -0.2) is 0 Å². The number of nitrogens with zero attached hydrogens (tertiary/aromatic N) is 4. The minimum absolute atomic E-state index is 0.0393. The zero-order valence-electron chi connectivity index (χ0n) is 17.7. The number of nitro groups is 1. The van der Waals surface area contributed by atoms with E-state index in [0.29, 0.717) is 40.1 Å². The number of nitro benzene ring substituents is 1. The Morgan fingerprint density at radius 2 is 1.90 bits per heavy atom. The standard InChI is InChI=1S/C22H24N4O5/c1-14-5-4-10-25(13-14)17-8-6-16(11-18(17)26(27)28)22-23-21(24-31-22)15-7-9-19(29-2)20(12-15)30-3/h6-9,11-12,14H,4-5,10,13H2,1-3H3/t14-/m1/s1. The molecule has 0 bridgehead atoms. The van der Waals surface area contributed by atoms with E-state index in [0.717, 1.165) is 25.9 Å². The van der Waals surface area contributed by atoms with Gasteiger partial charge in [-0.1, -0.05) is 12.1 Å². The van der Waals surface area contributed by atoms with Crippen molar-refractivity contribution in [2.75, 3.05) is 32.2 Å². The fraction of sp³-hybridized carbons (Fsp3) is 0.364. The minimum Gasteiger partial charge on any atom is -0.493 e. The van der Waals surface area contributed by atoms with Gasteiger partial charge in [0.1, 0.15) is 5.69 Å². The fourth-order valence-electron chi connectivity index (χ4n) is 3.91. The highest BCUT2D eigenvalue weighted by molar-refractivity contribution is 5.72. The first-order valence-corrected chi connectivity index (χ1v) is 10.1. The van der Waals surface area contributed by atoms with E-state index in [1.165, 1.54) is 6.07 Å². The second-order valence-electron chi connectivity index (χ2n) is 7.65. The number of ether oxygens (including phenoxy) is 2. The molecule has 0 aliphatic carbocycles. The number of benzene rings is 2. The van der Waals surface area contributed by atoms with Gasteiger partial charge < -0.3 is 18.9 Å². The molecule has 1 saturated heterocycles. The predicted octanol–water partition coefficient (Wildman–Crippen LogP) is 4.57. The molecule has 162 valence electrons. The van der Waals surface area contributed by atoms with Crippen molar-refractivity contribution >= 4 is 11.4 Å². The van der Waals surface area contributed by atoms with Crippen molar-refractivity contribution < 1.29 is 18.9 Å². The summed E-state index contributed by atoms with van der Waals surface area (Å²) in [4.78, 5) is 17.9.